The molecule has 0 aliphatic carbocycles. The van der Waals surface area contributed by atoms with Gasteiger partial charge >= 0.3 is 0 Å². The van der Waals surface area contributed by atoms with Crippen LogP contribution >= 0.6 is 0 Å². The highest BCUT2D eigenvalue weighted by Crippen LogP contribution is 2.30. The first-order valence-electron chi connectivity index (χ1n) is 8.73. The van der Waals surface area contributed by atoms with E-state index in [0.29, 0.717) is 24.2 Å². The number of hydrogen-bond donors (Lipinski definition) is 1. The summed E-state index contributed by atoms with van der Waals surface area (Å²) < 4.78 is 0. The molecule has 128 valence electrons. The van der Waals surface area contributed by atoms with Crippen LogP contribution in [-0.2, 0) is 0 Å². The van der Waals surface area contributed by atoms with Crippen LogP contribution in [-0.4, -0.2) is 28.9 Å². The number of aryl methyl sites for hydroxylation is 1. The van der Waals surface area contributed by atoms with Gasteiger partial charge in [0.15, 0.2) is 0 Å². The summed E-state index contributed by atoms with van der Waals surface area (Å²) in [7, 11) is 0. The summed E-state index contributed by atoms with van der Waals surface area (Å²) in [5.74, 6) is -0.0211. The second kappa shape index (κ2) is 6.53. The number of benzene rings is 2. The number of nitriles is 1. The number of nitrogens with one attached hydrogen (secondary N) is 1. The fraction of sp³-hybridized carbons (Fsp3) is 0.182. The van der Waals surface area contributed by atoms with Gasteiger partial charge in [-0.1, -0.05) is 30.3 Å². The van der Waals surface area contributed by atoms with Crippen LogP contribution in [0.2, 0.25) is 0 Å². The molecule has 1 N–H and O–H groups in total. The summed E-state index contributed by atoms with van der Waals surface area (Å²) in [6.45, 7) is 3.37. The molecule has 0 saturated heterocycles. The number of carbonyl (C=O) groups excluding carboxylic acids is 1. The van der Waals surface area contributed by atoms with Gasteiger partial charge in [0.2, 0.25) is 0 Å². The van der Waals surface area contributed by atoms with Gasteiger partial charge in [-0.05, 0) is 42.7 Å². The second-order valence-corrected chi connectivity index (χ2v) is 6.62. The summed E-state index contributed by atoms with van der Waals surface area (Å²) in [6, 6.07) is 15.3. The Morgan fingerprint density at radius 1 is 1.23 bits per heavy atom. The lowest BCUT2D eigenvalue weighted by Crippen LogP contribution is -2.34. The highest BCUT2D eigenvalue weighted by Gasteiger charge is 2.20. The molecule has 0 bridgehead atoms. The number of nitrogens with zero attached hydrogens (tertiary/aromatic N) is 2. The Bertz CT molecular complexity index is 1070. The molecule has 3 aromatic rings. The van der Waals surface area contributed by atoms with Gasteiger partial charge in [-0.25, -0.2) is 0 Å². The molecule has 2 aromatic carbocycles. The predicted octanol–water partition coefficient (Wildman–Crippen LogP) is 4.28. The van der Waals surface area contributed by atoms with Crippen LogP contribution in [0.15, 0.2) is 54.7 Å². The SMILES string of the molecule is Cc1cccc2c(C3=CCN(C(=O)c4cccc(C#N)c4)CC3)c[nH]c12. The largest absolute Gasteiger partial charge is 0.360 e. The van der Waals surface area contributed by atoms with Crippen molar-refractivity contribution in [2.45, 2.75) is 13.3 Å². The minimum absolute atomic E-state index is 0.0211. The van der Waals surface area contributed by atoms with Gasteiger partial charge in [-0.2, -0.15) is 5.26 Å². The molecule has 1 aliphatic heterocycles. The van der Waals surface area contributed by atoms with Crippen LogP contribution in [0.5, 0.6) is 0 Å². The predicted molar refractivity (Wildman–Crippen MR) is 103 cm³/mol. The number of fused-ring (bicyclic) bond motifs is 1. The summed E-state index contributed by atoms with van der Waals surface area (Å²) in [5.41, 5.74) is 6.00. The number of carbonyl (C=O) groups is 1. The van der Waals surface area contributed by atoms with E-state index in [1.165, 1.54) is 27.6 Å². The molecule has 0 atom stereocenters. The van der Waals surface area contributed by atoms with Crippen LogP contribution < -0.4 is 0 Å². The Hall–Kier alpha value is -3.32. The zero-order chi connectivity index (χ0) is 18.1. The van der Waals surface area contributed by atoms with Crippen LogP contribution in [0, 0.1) is 18.3 Å². The van der Waals surface area contributed by atoms with Gasteiger partial charge < -0.3 is 9.88 Å². The Kier molecular flexibility index (Phi) is 4.06. The molecular weight excluding hydrogens is 322 g/mol. The molecule has 4 rings (SSSR count). The third kappa shape index (κ3) is 2.78. The van der Waals surface area contributed by atoms with Crippen molar-refractivity contribution in [2.24, 2.45) is 0 Å². The van der Waals surface area contributed by atoms with E-state index in [0.717, 1.165) is 6.42 Å². The molecule has 4 heteroatoms. The highest BCUT2D eigenvalue weighted by atomic mass is 16.2. The van der Waals surface area contributed by atoms with Crippen molar-refractivity contribution >= 4 is 22.4 Å². The second-order valence-electron chi connectivity index (χ2n) is 6.62. The van der Waals surface area contributed by atoms with Gasteiger partial charge in [-0.3, -0.25) is 4.79 Å². The van der Waals surface area contributed by atoms with Crippen LogP contribution in [0.1, 0.15) is 33.5 Å². The number of para-hydroxylation sites is 1. The van der Waals surface area contributed by atoms with Gasteiger partial charge in [0.25, 0.3) is 5.91 Å². The van der Waals surface area contributed by atoms with Crippen molar-refractivity contribution in [3.8, 4) is 6.07 Å². The van der Waals surface area contributed by atoms with Gasteiger partial charge in [0.1, 0.15) is 0 Å². The topological polar surface area (TPSA) is 59.9 Å². The number of rotatable bonds is 2. The van der Waals surface area contributed by atoms with Crippen molar-refractivity contribution in [3.63, 3.8) is 0 Å². The van der Waals surface area contributed by atoms with E-state index < -0.39 is 0 Å². The number of aromatic amines is 1. The first-order chi connectivity index (χ1) is 12.7. The number of amides is 1. The maximum Gasteiger partial charge on any atom is 0.254 e. The molecule has 1 amide bonds. The molecule has 2 heterocycles. The van der Waals surface area contributed by atoms with Crippen molar-refractivity contribution in [3.05, 3.63) is 77.0 Å². The molecule has 0 spiro atoms. The average Bonchev–Trinajstić information content (AvgIpc) is 3.13. The third-order valence-corrected chi connectivity index (χ3v) is 5.00. The van der Waals surface area contributed by atoms with E-state index in [1.54, 1.807) is 24.3 Å². The molecule has 0 fully saturated rings. The molecule has 0 unspecified atom stereocenters. The Morgan fingerprint density at radius 3 is 2.85 bits per heavy atom. The van der Waals surface area contributed by atoms with Gasteiger partial charge in [-0.15, -0.1) is 0 Å². The Labute approximate surface area is 152 Å². The fourth-order valence-electron chi connectivity index (χ4n) is 3.57. The summed E-state index contributed by atoms with van der Waals surface area (Å²) in [4.78, 5) is 17.9. The van der Waals surface area contributed by atoms with Gasteiger partial charge in [0.05, 0.1) is 11.6 Å². The monoisotopic (exact) mass is 341 g/mol. The van der Waals surface area contributed by atoms with E-state index in [9.17, 15) is 4.79 Å². The number of aromatic nitrogens is 1. The van der Waals surface area contributed by atoms with Crippen molar-refractivity contribution in [2.75, 3.05) is 13.1 Å². The maximum atomic E-state index is 12.7. The number of H-pyrrole nitrogens is 1. The Morgan fingerprint density at radius 2 is 2.08 bits per heavy atom. The molecule has 1 aliphatic rings. The molecule has 4 nitrogen and oxygen atoms in total. The standard InChI is InChI=1S/C22H19N3O/c1-15-4-2-7-19-20(14-24-21(15)19)17-8-10-25(11-9-17)22(26)18-6-3-5-16(12-18)13-23/h2-8,12,14,24H,9-11H2,1H3. The lowest BCUT2D eigenvalue weighted by molar-refractivity contribution is 0.0773. The van der Waals surface area contributed by atoms with E-state index in [4.69, 9.17) is 5.26 Å². The highest BCUT2D eigenvalue weighted by molar-refractivity contribution is 5.97. The van der Waals surface area contributed by atoms with Crippen LogP contribution in [0.25, 0.3) is 16.5 Å². The zero-order valence-electron chi connectivity index (χ0n) is 14.6. The Balaban J connectivity index is 1.57. The quantitative estimate of drug-likeness (QED) is 0.756. The minimum atomic E-state index is -0.0211. The summed E-state index contributed by atoms with van der Waals surface area (Å²) >= 11 is 0. The van der Waals surface area contributed by atoms with E-state index in [2.05, 4.69) is 48.4 Å². The zero-order valence-corrected chi connectivity index (χ0v) is 14.6. The van der Waals surface area contributed by atoms with E-state index in [-0.39, 0.29) is 5.91 Å². The van der Waals surface area contributed by atoms with E-state index >= 15 is 0 Å². The smallest absolute Gasteiger partial charge is 0.254 e. The summed E-state index contributed by atoms with van der Waals surface area (Å²) in [6.07, 6.45) is 5.03. The first-order valence-corrected chi connectivity index (χ1v) is 8.73. The van der Waals surface area contributed by atoms with Crippen LogP contribution in [0.3, 0.4) is 0 Å². The molecule has 0 radical (unpaired) electrons. The molecular formula is C22H19N3O. The van der Waals surface area contributed by atoms with Crippen molar-refractivity contribution < 1.29 is 4.79 Å². The average molecular weight is 341 g/mol. The molecule has 0 saturated carbocycles. The minimum Gasteiger partial charge on any atom is -0.360 e. The summed E-state index contributed by atoms with van der Waals surface area (Å²) in [5, 5.41) is 10.2. The van der Waals surface area contributed by atoms with Gasteiger partial charge in [0, 0.05) is 41.3 Å². The van der Waals surface area contributed by atoms with Crippen molar-refractivity contribution in [1.29, 1.82) is 5.26 Å². The number of hydrogen-bond acceptors (Lipinski definition) is 2. The van der Waals surface area contributed by atoms with E-state index in [1.807, 2.05) is 4.90 Å². The third-order valence-electron chi connectivity index (χ3n) is 5.00. The van der Waals surface area contributed by atoms with Crippen LogP contribution in [0.4, 0.5) is 0 Å². The van der Waals surface area contributed by atoms with Crippen molar-refractivity contribution in [1.82, 2.24) is 9.88 Å². The fourth-order valence-corrected chi connectivity index (χ4v) is 3.57. The normalized spacial score (nSPS) is 14.2. The maximum absolute atomic E-state index is 12.7. The first kappa shape index (κ1) is 16.2. The lowest BCUT2D eigenvalue weighted by atomic mass is 9.97. The molecule has 1 aromatic heterocycles. The lowest BCUT2D eigenvalue weighted by Gasteiger charge is -2.26. The molecule has 26 heavy (non-hydrogen) atoms.